The third kappa shape index (κ3) is 2.04. The van der Waals surface area contributed by atoms with E-state index in [-0.39, 0.29) is 5.41 Å². The number of hydrogen-bond acceptors (Lipinski definition) is 1. The summed E-state index contributed by atoms with van der Waals surface area (Å²) in [6, 6.07) is 9.56. The van der Waals surface area contributed by atoms with Crippen LogP contribution in [0.1, 0.15) is 26.3 Å². The van der Waals surface area contributed by atoms with Gasteiger partial charge in [-0.15, -0.1) is 0 Å². The molecule has 102 valence electrons. The van der Waals surface area contributed by atoms with Crippen molar-refractivity contribution in [2.45, 2.75) is 26.2 Å². The maximum Gasteiger partial charge on any atom is 0.198 e. The van der Waals surface area contributed by atoms with E-state index in [1.807, 2.05) is 6.07 Å². The second-order valence-corrected chi connectivity index (χ2v) is 6.12. The zero-order valence-corrected chi connectivity index (χ0v) is 12.2. The van der Waals surface area contributed by atoms with Crippen LogP contribution in [0.4, 0.5) is 11.4 Å². The van der Waals surface area contributed by atoms with Gasteiger partial charge in [0.05, 0.1) is 13.1 Å². The molecule has 3 rings (SSSR count). The van der Waals surface area contributed by atoms with E-state index in [1.165, 1.54) is 5.56 Å². The Morgan fingerprint density at radius 3 is 2.10 bits per heavy atom. The molecule has 0 spiro atoms. The lowest BCUT2D eigenvalue weighted by atomic mass is 9.86. The first-order chi connectivity index (χ1) is 9.94. The van der Waals surface area contributed by atoms with Gasteiger partial charge in [-0.3, -0.25) is 4.85 Å². The van der Waals surface area contributed by atoms with Crippen molar-refractivity contribution in [2.24, 2.45) is 0 Å². The summed E-state index contributed by atoms with van der Waals surface area (Å²) in [5.74, 6) is 0. The highest BCUT2D eigenvalue weighted by atomic mass is 16.3. The van der Waals surface area contributed by atoms with Gasteiger partial charge in [-0.1, -0.05) is 32.9 Å². The van der Waals surface area contributed by atoms with Crippen LogP contribution in [0.5, 0.6) is 0 Å². The lowest BCUT2D eigenvalue weighted by Crippen LogP contribution is -2.10. The molecule has 3 aromatic rings. The SMILES string of the molecule is [C-]#[N+]c1cc2oc3ccc(C(C)(C)C)cc3c2cc1[N+]#[C-]. The Hall–Kier alpha value is -2.78. The van der Waals surface area contributed by atoms with Crippen molar-refractivity contribution in [2.75, 3.05) is 0 Å². The van der Waals surface area contributed by atoms with E-state index in [2.05, 4.69) is 42.6 Å². The second-order valence-electron chi connectivity index (χ2n) is 6.12. The monoisotopic (exact) mass is 274 g/mol. The number of furan rings is 1. The number of nitrogens with zero attached hydrogens (tertiary/aromatic N) is 2. The Morgan fingerprint density at radius 1 is 0.857 bits per heavy atom. The lowest BCUT2D eigenvalue weighted by Gasteiger charge is -2.18. The minimum Gasteiger partial charge on any atom is -0.458 e. The molecule has 0 N–H and O–H groups in total. The van der Waals surface area contributed by atoms with Crippen LogP contribution in [0.3, 0.4) is 0 Å². The Morgan fingerprint density at radius 2 is 1.48 bits per heavy atom. The summed E-state index contributed by atoms with van der Waals surface area (Å²) >= 11 is 0. The highest BCUT2D eigenvalue weighted by Crippen LogP contribution is 2.39. The van der Waals surface area contributed by atoms with Crippen LogP contribution in [0.15, 0.2) is 34.7 Å². The fourth-order valence-corrected chi connectivity index (χ4v) is 2.45. The number of benzene rings is 2. The van der Waals surface area contributed by atoms with Gasteiger partial charge in [0, 0.05) is 10.8 Å². The first-order valence-electron chi connectivity index (χ1n) is 6.70. The van der Waals surface area contributed by atoms with Gasteiger partial charge in [0.2, 0.25) is 0 Å². The van der Waals surface area contributed by atoms with Crippen molar-refractivity contribution < 1.29 is 4.42 Å². The number of fused-ring (bicyclic) bond motifs is 3. The zero-order valence-electron chi connectivity index (χ0n) is 12.2. The molecule has 0 amide bonds. The van der Waals surface area contributed by atoms with E-state index in [9.17, 15) is 0 Å². The predicted molar refractivity (Wildman–Crippen MR) is 84.9 cm³/mol. The topological polar surface area (TPSA) is 21.9 Å². The summed E-state index contributed by atoms with van der Waals surface area (Å²) in [7, 11) is 0. The third-order valence-corrected chi connectivity index (χ3v) is 3.67. The molecule has 0 atom stereocenters. The smallest absolute Gasteiger partial charge is 0.198 e. The van der Waals surface area contributed by atoms with Crippen molar-refractivity contribution in [3.63, 3.8) is 0 Å². The van der Waals surface area contributed by atoms with E-state index in [1.54, 1.807) is 12.1 Å². The molecule has 1 heterocycles. The predicted octanol–water partition coefficient (Wildman–Crippen LogP) is 5.99. The lowest BCUT2D eigenvalue weighted by molar-refractivity contribution is 0.590. The van der Waals surface area contributed by atoms with Gasteiger partial charge in [-0.05, 0) is 29.2 Å². The van der Waals surface area contributed by atoms with Crippen LogP contribution < -0.4 is 0 Å². The molecule has 2 aromatic carbocycles. The molecule has 0 radical (unpaired) electrons. The Labute approximate surface area is 123 Å². The van der Waals surface area contributed by atoms with E-state index >= 15 is 0 Å². The van der Waals surface area contributed by atoms with Gasteiger partial charge in [0.1, 0.15) is 11.2 Å². The Bertz CT molecular complexity index is 944. The average Bonchev–Trinajstić information content (AvgIpc) is 2.81. The summed E-state index contributed by atoms with van der Waals surface area (Å²) < 4.78 is 5.82. The molecule has 0 unspecified atom stereocenters. The quantitative estimate of drug-likeness (QED) is 0.462. The maximum atomic E-state index is 7.22. The second kappa shape index (κ2) is 4.36. The first kappa shape index (κ1) is 13.2. The van der Waals surface area contributed by atoms with Crippen LogP contribution in [-0.2, 0) is 5.41 Å². The largest absolute Gasteiger partial charge is 0.458 e. The Balaban J connectivity index is 2.40. The summed E-state index contributed by atoms with van der Waals surface area (Å²) in [6.07, 6.45) is 0. The van der Waals surface area contributed by atoms with Gasteiger partial charge >= 0.3 is 0 Å². The molecule has 0 aliphatic heterocycles. The van der Waals surface area contributed by atoms with Crippen molar-refractivity contribution in [3.8, 4) is 0 Å². The van der Waals surface area contributed by atoms with Crippen molar-refractivity contribution in [3.05, 3.63) is 58.7 Å². The van der Waals surface area contributed by atoms with Crippen LogP contribution in [0.25, 0.3) is 31.6 Å². The van der Waals surface area contributed by atoms with E-state index < -0.39 is 0 Å². The van der Waals surface area contributed by atoms with E-state index in [0.717, 1.165) is 16.4 Å². The fraction of sp³-hybridized carbons (Fsp3) is 0.222. The van der Waals surface area contributed by atoms with E-state index in [4.69, 9.17) is 17.6 Å². The molecule has 0 saturated heterocycles. The normalized spacial score (nSPS) is 11.5. The standard InChI is InChI=1S/C18H14N2O/c1-18(2,3)11-6-7-16-12(8-11)13-9-14(19-4)15(20-5)10-17(13)21-16/h6-10H,1-3H3. The van der Waals surface area contributed by atoms with Crippen molar-refractivity contribution >= 4 is 33.3 Å². The summed E-state index contributed by atoms with van der Waals surface area (Å²) in [5.41, 5.74) is 3.44. The van der Waals surface area contributed by atoms with Crippen LogP contribution in [0, 0.1) is 13.1 Å². The molecular formula is C18H14N2O. The molecule has 0 saturated carbocycles. The molecule has 3 nitrogen and oxygen atoms in total. The minimum atomic E-state index is 0.0524. The van der Waals surface area contributed by atoms with E-state index in [0.29, 0.717) is 17.0 Å². The Kier molecular flexibility index (Phi) is 2.75. The molecule has 3 heteroatoms. The third-order valence-electron chi connectivity index (χ3n) is 3.67. The van der Waals surface area contributed by atoms with Crippen LogP contribution in [0.2, 0.25) is 0 Å². The molecular weight excluding hydrogens is 260 g/mol. The summed E-state index contributed by atoms with van der Waals surface area (Å²) in [5, 5.41) is 1.90. The molecule has 0 fully saturated rings. The number of hydrogen-bond donors (Lipinski definition) is 0. The minimum absolute atomic E-state index is 0.0524. The number of rotatable bonds is 0. The summed E-state index contributed by atoms with van der Waals surface area (Å²) in [6.45, 7) is 20.9. The maximum absolute atomic E-state index is 7.22. The highest BCUT2D eigenvalue weighted by Gasteiger charge is 2.17. The van der Waals surface area contributed by atoms with Gasteiger partial charge in [-0.2, -0.15) is 0 Å². The molecule has 21 heavy (non-hydrogen) atoms. The van der Waals surface area contributed by atoms with Crippen LogP contribution in [-0.4, -0.2) is 0 Å². The van der Waals surface area contributed by atoms with Gasteiger partial charge < -0.3 is 4.42 Å². The first-order valence-corrected chi connectivity index (χ1v) is 6.70. The van der Waals surface area contributed by atoms with Gasteiger partial charge in [0.25, 0.3) is 0 Å². The van der Waals surface area contributed by atoms with Gasteiger partial charge in [-0.25, -0.2) is 4.85 Å². The summed E-state index contributed by atoms with van der Waals surface area (Å²) in [4.78, 5) is 6.84. The molecule has 0 aliphatic carbocycles. The average molecular weight is 274 g/mol. The molecule has 0 aliphatic rings. The van der Waals surface area contributed by atoms with Crippen molar-refractivity contribution in [1.82, 2.24) is 0 Å². The fourth-order valence-electron chi connectivity index (χ4n) is 2.45. The zero-order chi connectivity index (χ0) is 15.2. The van der Waals surface area contributed by atoms with Crippen LogP contribution >= 0.6 is 0 Å². The van der Waals surface area contributed by atoms with Crippen molar-refractivity contribution in [1.29, 1.82) is 0 Å². The highest BCUT2D eigenvalue weighted by molar-refractivity contribution is 6.08. The molecule has 0 bridgehead atoms. The van der Waals surface area contributed by atoms with Gasteiger partial charge in [0.15, 0.2) is 11.4 Å². The molecule has 1 aromatic heterocycles.